The van der Waals surface area contributed by atoms with E-state index in [1.54, 1.807) is 11.8 Å². The topological polar surface area (TPSA) is 58.6 Å². The summed E-state index contributed by atoms with van der Waals surface area (Å²) in [6.07, 6.45) is 1.53. The maximum Gasteiger partial charge on any atom is 0.261 e. The molecule has 1 unspecified atom stereocenters. The molecule has 2 aromatic carbocycles. The maximum absolute atomic E-state index is 13.1. The fourth-order valence-electron chi connectivity index (χ4n) is 3.40. The van der Waals surface area contributed by atoms with Gasteiger partial charge in [0.1, 0.15) is 11.8 Å². The average molecular weight is 425 g/mol. The fourth-order valence-corrected chi connectivity index (χ4v) is 3.40. The molecule has 168 valence electrons. The first-order chi connectivity index (χ1) is 14.7. The number of ether oxygens (including phenoxy) is 1. The number of benzene rings is 2. The molecule has 2 aromatic rings. The molecule has 5 nitrogen and oxygen atoms in total. The molecule has 0 aromatic heterocycles. The third-order valence-corrected chi connectivity index (χ3v) is 5.25. The molecule has 0 radical (unpaired) electrons. The van der Waals surface area contributed by atoms with E-state index in [1.807, 2.05) is 61.5 Å². The molecule has 2 amide bonds. The number of rotatable bonds is 10. The third-order valence-electron chi connectivity index (χ3n) is 5.25. The smallest absolute Gasteiger partial charge is 0.261 e. The quantitative estimate of drug-likeness (QED) is 0.617. The summed E-state index contributed by atoms with van der Waals surface area (Å²) in [5.41, 5.74) is 2.08. The third kappa shape index (κ3) is 7.42. The Kier molecular flexibility index (Phi) is 9.10. The van der Waals surface area contributed by atoms with E-state index in [4.69, 9.17) is 4.74 Å². The van der Waals surface area contributed by atoms with Crippen LogP contribution in [0.3, 0.4) is 0 Å². The lowest BCUT2D eigenvalue weighted by Crippen LogP contribution is -2.50. The van der Waals surface area contributed by atoms with Gasteiger partial charge in [-0.05, 0) is 42.4 Å². The highest BCUT2D eigenvalue weighted by atomic mass is 16.5. The Morgan fingerprint density at radius 1 is 1.03 bits per heavy atom. The van der Waals surface area contributed by atoms with Gasteiger partial charge in [-0.15, -0.1) is 0 Å². The molecule has 0 aliphatic heterocycles. The van der Waals surface area contributed by atoms with E-state index in [0.29, 0.717) is 25.3 Å². The minimum atomic E-state index is -0.566. The number of carbonyl (C=O) groups excluding carboxylic acids is 2. The highest BCUT2D eigenvalue weighted by molar-refractivity contribution is 5.88. The number of nitrogens with one attached hydrogen (secondary N) is 1. The van der Waals surface area contributed by atoms with Gasteiger partial charge in [0, 0.05) is 13.1 Å². The predicted molar refractivity (Wildman–Crippen MR) is 125 cm³/mol. The van der Waals surface area contributed by atoms with Gasteiger partial charge in [0.15, 0.2) is 6.61 Å². The molecule has 2 rings (SSSR count). The summed E-state index contributed by atoms with van der Waals surface area (Å²) in [4.78, 5) is 27.3. The van der Waals surface area contributed by atoms with E-state index >= 15 is 0 Å². The Balaban J connectivity index is 2.13. The summed E-state index contributed by atoms with van der Waals surface area (Å²) in [6, 6.07) is 17.2. The van der Waals surface area contributed by atoms with E-state index in [0.717, 1.165) is 17.5 Å². The Morgan fingerprint density at radius 2 is 1.68 bits per heavy atom. The van der Waals surface area contributed by atoms with Crippen molar-refractivity contribution in [1.82, 2.24) is 10.2 Å². The Bertz CT molecular complexity index is 843. The molecule has 0 aliphatic rings. The van der Waals surface area contributed by atoms with Crippen LogP contribution >= 0.6 is 0 Å². The molecule has 0 bridgehead atoms. The predicted octanol–water partition coefficient (Wildman–Crippen LogP) is 4.35. The van der Waals surface area contributed by atoms with Gasteiger partial charge in [-0.25, -0.2) is 0 Å². The van der Waals surface area contributed by atoms with E-state index in [-0.39, 0.29) is 23.8 Å². The molecule has 0 fully saturated rings. The SMILES string of the molecule is CCCNC(=O)C(C)N(CCc1ccccc1)C(=O)COc1ccccc1C(C)(C)C. The fraction of sp³-hybridized carbons (Fsp3) is 0.462. The zero-order valence-corrected chi connectivity index (χ0v) is 19.5. The van der Waals surface area contributed by atoms with Crippen molar-refractivity contribution in [3.8, 4) is 5.75 Å². The number of nitrogens with zero attached hydrogens (tertiary/aromatic N) is 1. The highest BCUT2D eigenvalue weighted by Crippen LogP contribution is 2.30. The van der Waals surface area contributed by atoms with Crippen molar-refractivity contribution < 1.29 is 14.3 Å². The summed E-state index contributed by atoms with van der Waals surface area (Å²) >= 11 is 0. The lowest BCUT2D eigenvalue weighted by atomic mass is 9.86. The van der Waals surface area contributed by atoms with Crippen molar-refractivity contribution in [1.29, 1.82) is 0 Å². The second-order valence-corrected chi connectivity index (χ2v) is 8.82. The van der Waals surface area contributed by atoms with Gasteiger partial charge in [-0.2, -0.15) is 0 Å². The van der Waals surface area contributed by atoms with Gasteiger partial charge in [-0.3, -0.25) is 9.59 Å². The van der Waals surface area contributed by atoms with Crippen molar-refractivity contribution >= 4 is 11.8 Å². The lowest BCUT2D eigenvalue weighted by Gasteiger charge is -2.29. The first kappa shape index (κ1) is 24.4. The Morgan fingerprint density at radius 3 is 2.32 bits per heavy atom. The highest BCUT2D eigenvalue weighted by Gasteiger charge is 2.26. The maximum atomic E-state index is 13.1. The molecule has 31 heavy (non-hydrogen) atoms. The molecule has 1 atom stereocenters. The summed E-state index contributed by atoms with van der Waals surface area (Å²) in [5.74, 6) is 0.367. The second-order valence-electron chi connectivity index (χ2n) is 8.82. The number of para-hydroxylation sites is 1. The zero-order valence-electron chi connectivity index (χ0n) is 19.5. The molecule has 1 N–H and O–H groups in total. The molecule has 0 aliphatic carbocycles. The molecular formula is C26H36N2O3. The van der Waals surface area contributed by atoms with Gasteiger partial charge < -0.3 is 15.0 Å². The van der Waals surface area contributed by atoms with E-state index in [9.17, 15) is 9.59 Å². The Labute approximate surface area is 186 Å². The second kappa shape index (κ2) is 11.5. The Hall–Kier alpha value is -2.82. The molecule has 0 saturated carbocycles. The van der Waals surface area contributed by atoms with Crippen LogP contribution < -0.4 is 10.1 Å². The van der Waals surface area contributed by atoms with Crippen molar-refractivity contribution in [2.24, 2.45) is 0 Å². The first-order valence-corrected chi connectivity index (χ1v) is 11.1. The van der Waals surface area contributed by atoms with Crippen LogP contribution in [0.5, 0.6) is 5.75 Å². The molecule has 0 heterocycles. The average Bonchev–Trinajstić information content (AvgIpc) is 2.76. The van der Waals surface area contributed by atoms with Crippen molar-refractivity contribution in [3.63, 3.8) is 0 Å². The van der Waals surface area contributed by atoms with E-state index in [1.165, 1.54) is 0 Å². The zero-order chi connectivity index (χ0) is 22.9. The molecule has 5 heteroatoms. The van der Waals surface area contributed by atoms with Gasteiger partial charge in [-0.1, -0.05) is 76.2 Å². The summed E-state index contributed by atoms with van der Waals surface area (Å²) in [7, 11) is 0. The minimum absolute atomic E-state index is 0.0973. The van der Waals surface area contributed by atoms with Crippen molar-refractivity contribution in [3.05, 3.63) is 65.7 Å². The van der Waals surface area contributed by atoms with Crippen LogP contribution in [0, 0.1) is 0 Å². The van der Waals surface area contributed by atoms with Crippen LogP contribution in [0.15, 0.2) is 54.6 Å². The van der Waals surface area contributed by atoms with Gasteiger partial charge >= 0.3 is 0 Å². The van der Waals surface area contributed by atoms with Crippen LogP contribution in [-0.2, 0) is 21.4 Å². The minimum Gasteiger partial charge on any atom is -0.483 e. The van der Waals surface area contributed by atoms with Crippen LogP contribution in [0.2, 0.25) is 0 Å². The summed E-state index contributed by atoms with van der Waals surface area (Å²) < 4.78 is 5.95. The molecule has 0 saturated heterocycles. The van der Waals surface area contributed by atoms with Crippen LogP contribution in [0.25, 0.3) is 0 Å². The number of hydrogen-bond acceptors (Lipinski definition) is 3. The lowest BCUT2D eigenvalue weighted by molar-refractivity contribution is -0.141. The van der Waals surface area contributed by atoms with Crippen LogP contribution in [0.4, 0.5) is 0 Å². The first-order valence-electron chi connectivity index (χ1n) is 11.1. The summed E-state index contributed by atoms with van der Waals surface area (Å²) in [5, 5.41) is 2.89. The van der Waals surface area contributed by atoms with Crippen LogP contribution in [-0.4, -0.2) is 42.5 Å². The van der Waals surface area contributed by atoms with Gasteiger partial charge in [0.2, 0.25) is 5.91 Å². The van der Waals surface area contributed by atoms with Gasteiger partial charge in [0.25, 0.3) is 5.91 Å². The largest absolute Gasteiger partial charge is 0.483 e. The van der Waals surface area contributed by atoms with Gasteiger partial charge in [0.05, 0.1) is 0 Å². The van der Waals surface area contributed by atoms with Crippen molar-refractivity contribution in [2.45, 2.75) is 58.9 Å². The van der Waals surface area contributed by atoms with E-state index < -0.39 is 6.04 Å². The molecular weight excluding hydrogens is 388 g/mol. The van der Waals surface area contributed by atoms with E-state index in [2.05, 4.69) is 26.1 Å². The monoisotopic (exact) mass is 424 g/mol. The number of carbonyl (C=O) groups is 2. The normalized spacial score (nSPS) is 12.2. The number of amides is 2. The standard InChI is InChI=1S/C26H36N2O3/c1-6-17-27-25(30)20(2)28(18-16-21-12-8-7-9-13-21)24(29)19-31-23-15-11-10-14-22(23)26(3,4)5/h7-15,20H,6,16-19H2,1-5H3,(H,27,30). The van der Waals surface area contributed by atoms with Crippen molar-refractivity contribution in [2.75, 3.05) is 19.7 Å². The molecule has 0 spiro atoms. The summed E-state index contributed by atoms with van der Waals surface area (Å²) in [6.45, 7) is 11.1. The number of hydrogen-bond donors (Lipinski definition) is 1. The van der Waals surface area contributed by atoms with Crippen LogP contribution in [0.1, 0.15) is 52.2 Å².